The van der Waals surface area contributed by atoms with Crippen molar-refractivity contribution in [1.29, 1.82) is 0 Å². The maximum Gasteiger partial charge on any atom is 0.124 e. The summed E-state index contributed by atoms with van der Waals surface area (Å²) >= 11 is 0. The highest BCUT2D eigenvalue weighted by Crippen LogP contribution is 2.04. The van der Waals surface area contributed by atoms with Crippen LogP contribution in [0.5, 0.6) is 0 Å². The molecule has 0 rings (SSSR count). The van der Waals surface area contributed by atoms with E-state index in [1.807, 2.05) is 20.0 Å². The molecule has 4 nitrogen and oxygen atoms in total. The minimum atomic E-state index is 0.388. The molecule has 15 heavy (non-hydrogen) atoms. The van der Waals surface area contributed by atoms with E-state index in [1.54, 1.807) is 14.2 Å². The smallest absolute Gasteiger partial charge is 0.124 e. The van der Waals surface area contributed by atoms with Crippen LogP contribution in [0.2, 0.25) is 0 Å². The summed E-state index contributed by atoms with van der Waals surface area (Å²) in [4.78, 5) is 6.31. The number of methoxy groups -OCH3 is 1. The number of ether oxygens (including phenoxy) is 1. The molecule has 88 valence electrons. The number of likely N-dealkylation sites (N-methyl/N-ethyl adjacent to an activating group) is 1. The van der Waals surface area contributed by atoms with E-state index in [1.165, 1.54) is 0 Å². The number of rotatable bonds is 5. The van der Waals surface area contributed by atoms with Crippen LogP contribution >= 0.6 is 0 Å². The Balaban J connectivity index is 4.39. The van der Waals surface area contributed by atoms with E-state index in [0.717, 1.165) is 24.6 Å². The van der Waals surface area contributed by atoms with Crippen molar-refractivity contribution in [3.8, 4) is 0 Å². The highest BCUT2D eigenvalue weighted by Gasteiger charge is 2.11. The van der Waals surface area contributed by atoms with Crippen molar-refractivity contribution in [1.82, 2.24) is 4.90 Å². The molecule has 0 spiro atoms. The summed E-state index contributed by atoms with van der Waals surface area (Å²) in [6, 6.07) is 0.388. The molecule has 0 aliphatic rings. The number of hydrogen-bond acceptors (Lipinski definition) is 3. The molecule has 0 aromatic heterocycles. The molecule has 0 aliphatic heterocycles. The van der Waals surface area contributed by atoms with Gasteiger partial charge in [0.25, 0.3) is 0 Å². The lowest BCUT2D eigenvalue weighted by Gasteiger charge is -2.26. The second-order valence-corrected chi connectivity index (χ2v) is 3.71. The van der Waals surface area contributed by atoms with Crippen molar-refractivity contribution < 1.29 is 4.74 Å². The zero-order valence-corrected chi connectivity index (χ0v) is 10.4. The van der Waals surface area contributed by atoms with E-state index in [-0.39, 0.29) is 0 Å². The summed E-state index contributed by atoms with van der Waals surface area (Å²) in [5.74, 6) is 0.901. The maximum atomic E-state index is 5.64. The van der Waals surface area contributed by atoms with Gasteiger partial charge in [-0.15, -0.1) is 0 Å². The molecular weight excluding hydrogens is 190 g/mol. The van der Waals surface area contributed by atoms with Gasteiger partial charge < -0.3 is 15.4 Å². The van der Waals surface area contributed by atoms with Crippen LogP contribution in [0.3, 0.4) is 0 Å². The van der Waals surface area contributed by atoms with Gasteiger partial charge in [0, 0.05) is 39.6 Å². The van der Waals surface area contributed by atoms with Gasteiger partial charge in [-0.1, -0.05) is 0 Å². The van der Waals surface area contributed by atoms with Crippen molar-refractivity contribution in [2.24, 2.45) is 10.7 Å². The fourth-order valence-electron chi connectivity index (χ4n) is 1.24. The summed E-state index contributed by atoms with van der Waals surface area (Å²) in [5, 5.41) is 0. The minimum absolute atomic E-state index is 0.388. The Labute approximate surface area is 92.8 Å². The number of amidine groups is 1. The van der Waals surface area contributed by atoms with Crippen LogP contribution in [0, 0.1) is 0 Å². The quantitative estimate of drug-likeness (QED) is 0.552. The maximum absolute atomic E-state index is 5.64. The van der Waals surface area contributed by atoms with Gasteiger partial charge in [-0.05, 0) is 26.3 Å². The Kier molecular flexibility index (Phi) is 6.79. The van der Waals surface area contributed by atoms with Crippen LogP contribution in [-0.4, -0.2) is 44.6 Å². The van der Waals surface area contributed by atoms with Crippen molar-refractivity contribution in [3.05, 3.63) is 11.8 Å². The van der Waals surface area contributed by atoms with E-state index in [2.05, 4.69) is 16.8 Å². The third-order valence-electron chi connectivity index (χ3n) is 2.35. The summed E-state index contributed by atoms with van der Waals surface area (Å²) < 4.78 is 5.05. The predicted octanol–water partition coefficient (Wildman–Crippen LogP) is 1.23. The molecule has 1 atom stereocenters. The second-order valence-electron chi connectivity index (χ2n) is 3.71. The molecule has 0 aliphatic carbocycles. The van der Waals surface area contributed by atoms with Gasteiger partial charge in [0.05, 0.1) is 0 Å². The third-order valence-corrected chi connectivity index (χ3v) is 2.35. The van der Waals surface area contributed by atoms with Crippen LogP contribution in [-0.2, 0) is 4.74 Å². The first-order chi connectivity index (χ1) is 7.02. The minimum Gasteiger partial charge on any atom is -0.402 e. The highest BCUT2D eigenvalue weighted by molar-refractivity contribution is 5.93. The summed E-state index contributed by atoms with van der Waals surface area (Å²) in [6.07, 6.45) is 2.85. The van der Waals surface area contributed by atoms with Crippen molar-refractivity contribution in [2.45, 2.75) is 26.3 Å². The Morgan fingerprint density at radius 1 is 1.60 bits per heavy atom. The predicted molar refractivity (Wildman–Crippen MR) is 65.0 cm³/mol. The first-order valence-electron chi connectivity index (χ1n) is 5.15. The van der Waals surface area contributed by atoms with Gasteiger partial charge in [0.2, 0.25) is 0 Å². The molecule has 0 saturated heterocycles. The average molecular weight is 213 g/mol. The first kappa shape index (κ1) is 14.0. The fraction of sp³-hybridized carbons (Fsp3) is 0.727. The largest absolute Gasteiger partial charge is 0.402 e. The lowest BCUT2D eigenvalue weighted by molar-refractivity contribution is 0.173. The number of allylic oxidation sites excluding steroid dienone is 1. The molecule has 0 aromatic rings. The third kappa shape index (κ3) is 5.42. The van der Waals surface area contributed by atoms with Gasteiger partial charge in [0.15, 0.2) is 0 Å². The van der Waals surface area contributed by atoms with Gasteiger partial charge in [-0.3, -0.25) is 4.99 Å². The van der Waals surface area contributed by atoms with Crippen LogP contribution < -0.4 is 5.73 Å². The highest BCUT2D eigenvalue weighted by atomic mass is 16.5. The molecule has 0 aromatic carbocycles. The molecule has 0 amide bonds. The average Bonchev–Trinajstić information content (AvgIpc) is 2.21. The van der Waals surface area contributed by atoms with E-state index in [0.29, 0.717) is 6.04 Å². The molecule has 0 saturated carbocycles. The van der Waals surface area contributed by atoms with Crippen LogP contribution in [0.25, 0.3) is 0 Å². The van der Waals surface area contributed by atoms with E-state index >= 15 is 0 Å². The zero-order chi connectivity index (χ0) is 11.8. The summed E-state index contributed by atoms with van der Waals surface area (Å²) in [5.41, 5.74) is 6.40. The van der Waals surface area contributed by atoms with Gasteiger partial charge in [-0.25, -0.2) is 0 Å². The Hall–Kier alpha value is -1.03. The van der Waals surface area contributed by atoms with Gasteiger partial charge in [-0.2, -0.15) is 0 Å². The fourth-order valence-corrected chi connectivity index (χ4v) is 1.24. The molecule has 4 heteroatoms. The molecule has 0 heterocycles. The molecule has 0 bridgehead atoms. The van der Waals surface area contributed by atoms with Crippen LogP contribution in [0.15, 0.2) is 16.8 Å². The van der Waals surface area contributed by atoms with E-state index in [4.69, 9.17) is 10.5 Å². The lowest BCUT2D eigenvalue weighted by atomic mass is 10.2. The number of hydrogen-bond donors (Lipinski definition) is 1. The van der Waals surface area contributed by atoms with Crippen molar-refractivity contribution >= 4 is 5.84 Å². The molecule has 1 unspecified atom stereocenters. The molecule has 0 radical (unpaired) electrons. The standard InChI is InChI=1S/C11H23N3O/c1-9(12)8-11(13-3)14(4)10(2)6-7-15-5/h8,10H,6-7,12H2,1-5H3/b9-8-,13-11?. The topological polar surface area (TPSA) is 50.8 Å². The molecular formula is C11H23N3O. The monoisotopic (exact) mass is 213 g/mol. The lowest BCUT2D eigenvalue weighted by Crippen LogP contribution is -2.35. The summed E-state index contributed by atoms with van der Waals surface area (Å²) in [6.45, 7) is 4.76. The molecule has 0 fully saturated rings. The first-order valence-corrected chi connectivity index (χ1v) is 5.15. The Morgan fingerprint density at radius 2 is 2.20 bits per heavy atom. The Bertz CT molecular complexity index is 232. The zero-order valence-electron chi connectivity index (χ0n) is 10.4. The van der Waals surface area contributed by atoms with Gasteiger partial charge >= 0.3 is 0 Å². The number of nitrogens with two attached hydrogens (primary N) is 1. The van der Waals surface area contributed by atoms with Gasteiger partial charge in [0.1, 0.15) is 5.84 Å². The molecule has 2 N–H and O–H groups in total. The van der Waals surface area contributed by atoms with Crippen molar-refractivity contribution in [2.75, 3.05) is 27.8 Å². The van der Waals surface area contributed by atoms with Crippen molar-refractivity contribution in [3.63, 3.8) is 0 Å². The number of aliphatic imine (C=N–C) groups is 1. The normalized spacial score (nSPS) is 15.3. The second kappa shape index (κ2) is 7.29. The number of nitrogens with zero attached hydrogens (tertiary/aromatic N) is 2. The van der Waals surface area contributed by atoms with E-state index in [9.17, 15) is 0 Å². The summed E-state index contributed by atoms with van der Waals surface area (Å²) in [7, 11) is 5.50. The SMILES string of the molecule is CN=C(/C=C(/C)N)N(C)C(C)CCOC. The van der Waals surface area contributed by atoms with Crippen LogP contribution in [0.1, 0.15) is 20.3 Å². The van der Waals surface area contributed by atoms with E-state index < -0.39 is 0 Å². The Morgan fingerprint density at radius 3 is 2.60 bits per heavy atom. The van der Waals surface area contributed by atoms with Crippen LogP contribution in [0.4, 0.5) is 0 Å².